The molecule has 1 saturated heterocycles. The Morgan fingerprint density at radius 3 is 2.02 bits per heavy atom. The fraction of sp³-hybridized carbons (Fsp3) is 0.258. The van der Waals surface area contributed by atoms with Crippen molar-refractivity contribution in [3.05, 3.63) is 96.0 Å². The monoisotopic (exact) mass is 537 g/mol. The van der Waals surface area contributed by atoms with Crippen molar-refractivity contribution in [2.24, 2.45) is 35.5 Å². The van der Waals surface area contributed by atoms with Gasteiger partial charge in [-0.1, -0.05) is 12.2 Å². The van der Waals surface area contributed by atoms with Gasteiger partial charge in [-0.25, -0.2) is 9.59 Å². The van der Waals surface area contributed by atoms with Crippen LogP contribution in [0.1, 0.15) is 37.7 Å². The van der Waals surface area contributed by atoms with Crippen molar-refractivity contribution in [1.29, 1.82) is 0 Å². The topological polar surface area (TPSA) is 120 Å². The first-order chi connectivity index (χ1) is 19.4. The molecule has 1 aromatic heterocycles. The van der Waals surface area contributed by atoms with E-state index in [4.69, 9.17) is 13.9 Å². The molecular formula is C31H23NO8. The van der Waals surface area contributed by atoms with Crippen LogP contribution in [0.3, 0.4) is 0 Å². The maximum absolute atomic E-state index is 13.3. The van der Waals surface area contributed by atoms with Gasteiger partial charge in [-0.05, 0) is 90.8 Å². The molecular weight excluding hydrogens is 514 g/mol. The van der Waals surface area contributed by atoms with Gasteiger partial charge in [0.05, 0.1) is 29.3 Å². The van der Waals surface area contributed by atoms with Gasteiger partial charge < -0.3 is 13.9 Å². The SMILES string of the molecule is O=C(COC(=O)c1ccc(N2C(=O)C3C4C=CC(C5CC45)C3C2=O)cc1)c1ccc(OC(=O)c2ccco2)cc1. The zero-order chi connectivity index (χ0) is 27.5. The number of anilines is 1. The molecule has 5 aliphatic rings. The van der Waals surface area contributed by atoms with Gasteiger partial charge in [0.1, 0.15) is 5.75 Å². The van der Waals surface area contributed by atoms with Crippen LogP contribution in [0.4, 0.5) is 5.69 Å². The zero-order valence-corrected chi connectivity index (χ0v) is 21.1. The van der Waals surface area contributed by atoms with E-state index in [0.717, 1.165) is 6.42 Å². The Bertz CT molecular complexity index is 1530. The van der Waals surface area contributed by atoms with Crippen molar-refractivity contribution in [3.63, 3.8) is 0 Å². The summed E-state index contributed by atoms with van der Waals surface area (Å²) in [5.41, 5.74) is 0.892. The van der Waals surface area contributed by atoms with Crippen molar-refractivity contribution in [2.75, 3.05) is 11.5 Å². The molecule has 3 aromatic rings. The van der Waals surface area contributed by atoms with E-state index in [1.165, 1.54) is 53.6 Å². The fourth-order valence-corrected chi connectivity index (χ4v) is 6.52. The summed E-state index contributed by atoms with van der Waals surface area (Å²) in [6.45, 7) is -0.489. The fourth-order valence-electron chi connectivity index (χ4n) is 6.52. The number of nitrogens with zero attached hydrogens (tertiary/aromatic N) is 1. The van der Waals surface area contributed by atoms with Gasteiger partial charge in [0, 0.05) is 5.56 Å². The molecule has 2 aromatic carbocycles. The summed E-state index contributed by atoms with van der Waals surface area (Å²) >= 11 is 0. The van der Waals surface area contributed by atoms with Gasteiger partial charge >= 0.3 is 11.9 Å². The number of carbonyl (C=O) groups is 5. The number of Topliss-reactive ketones (excluding diaryl/α,β-unsaturated/α-hetero) is 1. The second-order valence-electron chi connectivity index (χ2n) is 10.6. The minimum atomic E-state index is -0.709. The summed E-state index contributed by atoms with van der Waals surface area (Å²) in [6, 6.07) is 15.0. The van der Waals surface area contributed by atoms with E-state index in [1.807, 2.05) is 0 Å². The molecule has 1 aliphatic heterocycles. The van der Waals surface area contributed by atoms with Crippen LogP contribution in [0.5, 0.6) is 5.75 Å². The molecule has 2 bridgehead atoms. The Balaban J connectivity index is 0.958. The minimum Gasteiger partial charge on any atom is -0.457 e. The first-order valence-electron chi connectivity index (χ1n) is 13.1. The van der Waals surface area contributed by atoms with Gasteiger partial charge in [-0.3, -0.25) is 19.3 Å². The molecule has 200 valence electrons. The van der Waals surface area contributed by atoms with Crippen molar-refractivity contribution in [2.45, 2.75) is 6.42 Å². The van der Waals surface area contributed by atoms with Crippen LogP contribution in [0.2, 0.25) is 0 Å². The summed E-state index contributed by atoms with van der Waals surface area (Å²) in [7, 11) is 0. The zero-order valence-electron chi connectivity index (χ0n) is 21.1. The molecule has 40 heavy (non-hydrogen) atoms. The predicted octanol–water partition coefficient (Wildman–Crippen LogP) is 4.10. The molecule has 8 rings (SSSR count). The average Bonchev–Trinajstić information content (AvgIpc) is 3.54. The van der Waals surface area contributed by atoms with Crippen LogP contribution >= 0.6 is 0 Å². The average molecular weight is 538 g/mol. The third kappa shape index (κ3) is 3.88. The summed E-state index contributed by atoms with van der Waals surface area (Å²) in [5, 5.41) is 0. The van der Waals surface area contributed by atoms with Crippen LogP contribution in [-0.2, 0) is 14.3 Å². The van der Waals surface area contributed by atoms with Crippen molar-refractivity contribution >= 4 is 35.2 Å². The smallest absolute Gasteiger partial charge is 0.379 e. The third-order valence-corrected chi connectivity index (χ3v) is 8.47. The number of ketones is 1. The van der Waals surface area contributed by atoms with Gasteiger partial charge in [-0.2, -0.15) is 0 Å². The number of hydrogen-bond donors (Lipinski definition) is 0. The van der Waals surface area contributed by atoms with Crippen LogP contribution in [0.25, 0.3) is 0 Å². The molecule has 2 saturated carbocycles. The highest BCUT2D eigenvalue weighted by molar-refractivity contribution is 6.22. The molecule has 6 unspecified atom stereocenters. The molecule has 0 N–H and O–H groups in total. The van der Waals surface area contributed by atoms with Gasteiger partial charge in [0.25, 0.3) is 0 Å². The number of furan rings is 1. The molecule has 0 radical (unpaired) electrons. The Morgan fingerprint density at radius 1 is 0.800 bits per heavy atom. The Morgan fingerprint density at radius 2 is 1.43 bits per heavy atom. The molecule has 0 spiro atoms. The lowest BCUT2D eigenvalue weighted by Crippen LogP contribution is -2.40. The molecule has 4 aliphatic carbocycles. The van der Waals surface area contributed by atoms with E-state index < -0.39 is 24.3 Å². The molecule has 6 atom stereocenters. The lowest BCUT2D eigenvalue weighted by Gasteiger charge is -2.37. The van der Waals surface area contributed by atoms with Crippen molar-refractivity contribution < 1.29 is 37.9 Å². The molecule has 9 heteroatoms. The summed E-state index contributed by atoms with van der Waals surface area (Å²) in [4.78, 5) is 64.9. The number of esters is 2. The maximum Gasteiger partial charge on any atom is 0.379 e. The van der Waals surface area contributed by atoms with E-state index in [-0.39, 0.29) is 58.1 Å². The quantitative estimate of drug-likeness (QED) is 0.145. The number of imide groups is 1. The summed E-state index contributed by atoms with van der Waals surface area (Å²) < 4.78 is 15.3. The van der Waals surface area contributed by atoms with E-state index in [2.05, 4.69) is 12.2 Å². The Hall–Kier alpha value is -4.79. The Kier molecular flexibility index (Phi) is 5.55. The van der Waals surface area contributed by atoms with Crippen LogP contribution in [-0.4, -0.2) is 36.1 Å². The predicted molar refractivity (Wildman–Crippen MR) is 138 cm³/mol. The molecule has 9 nitrogen and oxygen atoms in total. The number of amides is 2. The number of allylic oxidation sites excluding steroid dienone is 2. The standard InChI is InChI=1S/C31H23NO8/c33-24(16-5-9-19(10-6-16)40-31(37)25-2-1-13-38-25)15-39-30(36)17-3-7-18(8-4-17)32-28(34)26-20-11-12-21(23-14-22(20)23)27(26)29(32)35/h1-13,20-23,26-27H,14-15H2. The van der Waals surface area contributed by atoms with Gasteiger partial charge in [0.2, 0.25) is 17.6 Å². The summed E-state index contributed by atoms with van der Waals surface area (Å²) in [6.07, 6.45) is 6.71. The minimum absolute atomic E-state index is 0.0530. The normalized spacial score (nSPS) is 27.2. The van der Waals surface area contributed by atoms with Crippen LogP contribution in [0, 0.1) is 35.5 Å². The number of ether oxygens (including phenoxy) is 2. The summed E-state index contributed by atoms with van der Waals surface area (Å²) in [5.74, 6) is -1.12. The van der Waals surface area contributed by atoms with E-state index >= 15 is 0 Å². The lowest BCUT2D eigenvalue weighted by atomic mass is 9.63. The third-order valence-electron chi connectivity index (χ3n) is 8.47. The van der Waals surface area contributed by atoms with Gasteiger partial charge in [0.15, 0.2) is 12.4 Å². The Labute approximate surface area is 228 Å². The number of rotatable bonds is 7. The van der Waals surface area contributed by atoms with Crippen LogP contribution < -0.4 is 9.64 Å². The molecule has 2 amide bonds. The van der Waals surface area contributed by atoms with Gasteiger partial charge in [-0.15, -0.1) is 0 Å². The van der Waals surface area contributed by atoms with E-state index in [9.17, 15) is 24.0 Å². The largest absolute Gasteiger partial charge is 0.457 e. The molecule has 2 heterocycles. The van der Waals surface area contributed by atoms with Crippen molar-refractivity contribution in [3.8, 4) is 5.75 Å². The highest BCUT2D eigenvalue weighted by Gasteiger charge is 2.67. The number of carbonyl (C=O) groups excluding carboxylic acids is 5. The first kappa shape index (κ1) is 24.3. The maximum atomic E-state index is 13.3. The second-order valence-corrected chi connectivity index (χ2v) is 10.6. The molecule has 3 fully saturated rings. The lowest BCUT2D eigenvalue weighted by molar-refractivity contribution is -0.124. The van der Waals surface area contributed by atoms with E-state index in [1.54, 1.807) is 18.2 Å². The highest BCUT2D eigenvalue weighted by atomic mass is 16.5. The highest BCUT2D eigenvalue weighted by Crippen LogP contribution is 2.65. The first-order valence-corrected chi connectivity index (χ1v) is 13.1. The number of benzene rings is 2. The van der Waals surface area contributed by atoms with Crippen molar-refractivity contribution in [1.82, 2.24) is 0 Å². The van der Waals surface area contributed by atoms with Crippen LogP contribution in [0.15, 0.2) is 83.5 Å². The number of hydrogen-bond acceptors (Lipinski definition) is 8. The second kappa shape index (κ2) is 9.15. The van der Waals surface area contributed by atoms with E-state index in [0.29, 0.717) is 17.5 Å².